The highest BCUT2D eigenvalue weighted by atomic mass is 32.2. The van der Waals surface area contributed by atoms with Crippen LogP contribution in [-0.2, 0) is 26.1 Å². The molecule has 28 heavy (non-hydrogen) atoms. The summed E-state index contributed by atoms with van der Waals surface area (Å²) in [5.74, 6) is -0.723. The number of rotatable bonds is 10. The Bertz CT molecular complexity index is 905. The molecule has 0 spiro atoms. The summed E-state index contributed by atoms with van der Waals surface area (Å²) in [6.45, 7) is 3.90. The van der Waals surface area contributed by atoms with Gasteiger partial charge in [-0.3, -0.25) is 19.1 Å². The molecule has 0 aliphatic carbocycles. The number of H-pyrrole nitrogens is 1. The van der Waals surface area contributed by atoms with Gasteiger partial charge in [-0.2, -0.15) is 4.31 Å². The van der Waals surface area contributed by atoms with E-state index in [1.54, 1.807) is 0 Å². The number of sulfonamides is 1. The van der Waals surface area contributed by atoms with Crippen LogP contribution in [0.5, 0.6) is 0 Å². The van der Waals surface area contributed by atoms with Crippen LogP contribution < -0.4 is 21.9 Å². The molecule has 12 heteroatoms. The van der Waals surface area contributed by atoms with Crippen LogP contribution in [0.15, 0.2) is 9.59 Å². The summed E-state index contributed by atoms with van der Waals surface area (Å²) in [4.78, 5) is 40.7. The summed E-state index contributed by atoms with van der Waals surface area (Å²) in [7, 11) is -0.850. The van der Waals surface area contributed by atoms with Crippen LogP contribution in [0.3, 0.4) is 0 Å². The standard InChI is InChI=1S/C16H29N5O6S/c1-11(2)9-21-14(17)13(15(23)18-16(21)24)20(7-6-8-27-4)12(22)10-19(3)28(5,25)26/h11H,6-10,17H2,1-5H3,(H,18,23,24). The fraction of sp³-hybridized carbons (Fsp3) is 0.688. The van der Waals surface area contributed by atoms with Crippen molar-refractivity contribution in [3.05, 3.63) is 20.8 Å². The first-order chi connectivity index (χ1) is 12.9. The summed E-state index contributed by atoms with van der Waals surface area (Å²) < 4.78 is 30.3. The Morgan fingerprint density at radius 3 is 2.43 bits per heavy atom. The Morgan fingerprint density at radius 1 is 1.32 bits per heavy atom. The van der Waals surface area contributed by atoms with E-state index in [1.807, 2.05) is 13.8 Å². The normalized spacial score (nSPS) is 12.0. The molecule has 0 unspecified atom stereocenters. The lowest BCUT2D eigenvalue weighted by molar-refractivity contribution is -0.118. The SMILES string of the molecule is COCCCN(C(=O)CN(C)S(C)(=O)=O)c1c(N)n(CC(C)C)c(=O)[nH]c1=O. The van der Waals surface area contributed by atoms with Gasteiger partial charge in [-0.25, -0.2) is 13.2 Å². The third kappa shape index (κ3) is 6.17. The Hall–Kier alpha value is -2.18. The van der Waals surface area contributed by atoms with E-state index < -0.39 is 33.7 Å². The molecule has 0 radical (unpaired) electrons. The zero-order chi connectivity index (χ0) is 21.6. The van der Waals surface area contributed by atoms with Gasteiger partial charge in [0, 0.05) is 33.9 Å². The predicted molar refractivity (Wildman–Crippen MR) is 107 cm³/mol. The topological polar surface area (TPSA) is 148 Å². The lowest BCUT2D eigenvalue weighted by atomic mass is 10.2. The number of nitrogen functional groups attached to an aromatic ring is 1. The van der Waals surface area contributed by atoms with Crippen molar-refractivity contribution in [2.24, 2.45) is 5.92 Å². The minimum atomic E-state index is -3.60. The summed E-state index contributed by atoms with van der Waals surface area (Å²) in [6, 6.07) is 0. The van der Waals surface area contributed by atoms with Crippen molar-refractivity contribution in [1.82, 2.24) is 13.9 Å². The highest BCUT2D eigenvalue weighted by molar-refractivity contribution is 7.88. The Morgan fingerprint density at radius 2 is 1.93 bits per heavy atom. The van der Waals surface area contributed by atoms with Crippen LogP contribution in [0.2, 0.25) is 0 Å². The number of nitrogens with zero attached hydrogens (tertiary/aromatic N) is 3. The summed E-state index contributed by atoms with van der Waals surface area (Å²) in [5, 5.41) is 0. The second-order valence-corrected chi connectivity index (χ2v) is 9.00. The number of likely N-dealkylation sites (N-methyl/N-ethyl adjacent to an activating group) is 1. The van der Waals surface area contributed by atoms with Crippen molar-refractivity contribution < 1.29 is 17.9 Å². The number of hydrogen-bond donors (Lipinski definition) is 2. The largest absolute Gasteiger partial charge is 0.385 e. The van der Waals surface area contributed by atoms with Crippen LogP contribution in [0.25, 0.3) is 0 Å². The fourth-order valence-corrected chi connectivity index (χ4v) is 2.85. The number of carbonyl (C=O) groups excluding carboxylic acids is 1. The maximum Gasteiger partial charge on any atom is 0.330 e. The molecule has 3 N–H and O–H groups in total. The summed E-state index contributed by atoms with van der Waals surface area (Å²) >= 11 is 0. The molecule has 0 saturated heterocycles. The van der Waals surface area contributed by atoms with Gasteiger partial charge >= 0.3 is 5.69 Å². The molecular weight excluding hydrogens is 390 g/mol. The van der Waals surface area contributed by atoms with Gasteiger partial charge in [0.1, 0.15) is 5.82 Å². The first-order valence-electron chi connectivity index (χ1n) is 8.73. The van der Waals surface area contributed by atoms with Crippen molar-refractivity contribution in [1.29, 1.82) is 0 Å². The van der Waals surface area contributed by atoms with E-state index in [-0.39, 0.29) is 30.5 Å². The van der Waals surface area contributed by atoms with Crippen molar-refractivity contribution in [2.75, 3.05) is 50.7 Å². The molecule has 0 atom stereocenters. The van der Waals surface area contributed by atoms with Gasteiger partial charge < -0.3 is 15.4 Å². The van der Waals surface area contributed by atoms with Crippen molar-refractivity contribution in [3.63, 3.8) is 0 Å². The van der Waals surface area contributed by atoms with Crippen LogP contribution in [0.4, 0.5) is 11.5 Å². The molecule has 11 nitrogen and oxygen atoms in total. The van der Waals surface area contributed by atoms with Crippen LogP contribution in [-0.4, -0.2) is 68.3 Å². The van der Waals surface area contributed by atoms with E-state index >= 15 is 0 Å². The minimum absolute atomic E-state index is 0.0627. The molecule has 0 aliphatic rings. The first kappa shape index (κ1) is 23.9. The van der Waals surface area contributed by atoms with Gasteiger partial charge in [0.25, 0.3) is 5.56 Å². The number of hydrogen-bond acceptors (Lipinski definition) is 7. The molecule has 0 bridgehead atoms. The maximum atomic E-state index is 12.8. The second-order valence-electron chi connectivity index (χ2n) is 6.91. The lowest BCUT2D eigenvalue weighted by Crippen LogP contribution is -2.46. The fourth-order valence-electron chi connectivity index (χ4n) is 2.51. The van der Waals surface area contributed by atoms with Crippen molar-refractivity contribution in [3.8, 4) is 0 Å². The highest BCUT2D eigenvalue weighted by Gasteiger charge is 2.26. The molecule has 1 rings (SSSR count). The van der Waals surface area contributed by atoms with E-state index in [4.69, 9.17) is 10.5 Å². The molecule has 0 aromatic carbocycles. The lowest BCUT2D eigenvalue weighted by Gasteiger charge is -2.26. The minimum Gasteiger partial charge on any atom is -0.385 e. The van der Waals surface area contributed by atoms with Gasteiger partial charge in [0.15, 0.2) is 5.69 Å². The van der Waals surface area contributed by atoms with Gasteiger partial charge in [-0.05, 0) is 12.3 Å². The molecule has 1 aromatic heterocycles. The smallest absolute Gasteiger partial charge is 0.330 e. The first-order valence-corrected chi connectivity index (χ1v) is 10.6. The number of nitrogens with one attached hydrogen (secondary N) is 1. The summed E-state index contributed by atoms with van der Waals surface area (Å²) in [6.07, 6.45) is 1.35. The monoisotopic (exact) mass is 419 g/mol. The molecule has 1 aromatic rings. The number of aromatic amines is 1. The van der Waals surface area contributed by atoms with E-state index in [0.29, 0.717) is 13.0 Å². The van der Waals surface area contributed by atoms with E-state index in [2.05, 4.69) is 4.98 Å². The number of aromatic nitrogens is 2. The van der Waals surface area contributed by atoms with Gasteiger partial charge in [-0.15, -0.1) is 0 Å². The van der Waals surface area contributed by atoms with Gasteiger partial charge in [0.2, 0.25) is 15.9 Å². The summed E-state index contributed by atoms with van der Waals surface area (Å²) in [5.41, 5.74) is 4.42. The number of methoxy groups -OCH3 is 1. The molecule has 1 heterocycles. The maximum absolute atomic E-state index is 12.8. The molecule has 0 aliphatic heterocycles. The predicted octanol–water partition coefficient (Wildman–Crippen LogP) is -0.964. The van der Waals surface area contributed by atoms with E-state index in [9.17, 15) is 22.8 Å². The van der Waals surface area contributed by atoms with Crippen molar-refractivity contribution in [2.45, 2.75) is 26.8 Å². The Kier molecular flexibility index (Phi) is 8.39. The van der Waals surface area contributed by atoms with Gasteiger partial charge in [0.05, 0.1) is 12.8 Å². The third-order valence-corrected chi connectivity index (χ3v) is 5.25. The molecule has 0 saturated carbocycles. The molecular formula is C16H29N5O6S. The number of anilines is 2. The van der Waals surface area contributed by atoms with Crippen molar-refractivity contribution >= 4 is 27.4 Å². The quantitative estimate of drug-likeness (QED) is 0.464. The number of nitrogens with two attached hydrogens (primary N) is 1. The average molecular weight is 420 g/mol. The second kappa shape index (κ2) is 9.85. The molecule has 0 fully saturated rings. The van der Waals surface area contributed by atoms with Gasteiger partial charge in [-0.1, -0.05) is 13.8 Å². The van der Waals surface area contributed by atoms with E-state index in [1.165, 1.54) is 18.7 Å². The zero-order valence-corrected chi connectivity index (χ0v) is 17.7. The average Bonchev–Trinajstić information content (AvgIpc) is 2.56. The van der Waals surface area contributed by atoms with E-state index in [0.717, 1.165) is 15.5 Å². The van der Waals surface area contributed by atoms with Crippen LogP contribution in [0.1, 0.15) is 20.3 Å². The Balaban J connectivity index is 3.43. The highest BCUT2D eigenvalue weighted by Crippen LogP contribution is 2.18. The number of ether oxygens (including phenoxy) is 1. The van der Waals surface area contributed by atoms with Crippen LogP contribution in [0, 0.1) is 5.92 Å². The zero-order valence-electron chi connectivity index (χ0n) is 16.9. The molecule has 1 amide bonds. The molecule has 160 valence electrons. The third-order valence-electron chi connectivity index (χ3n) is 3.99. The Labute approximate surface area is 164 Å². The number of carbonyl (C=O) groups is 1. The number of amides is 1. The van der Waals surface area contributed by atoms with Crippen LogP contribution >= 0.6 is 0 Å².